The lowest BCUT2D eigenvalue weighted by molar-refractivity contribution is -0.136. The van der Waals surface area contributed by atoms with Gasteiger partial charge in [0.05, 0.1) is 38.5 Å². The first-order valence-electron chi connectivity index (χ1n) is 10.5. The van der Waals surface area contributed by atoms with Crippen molar-refractivity contribution in [2.75, 3.05) is 39.2 Å². The van der Waals surface area contributed by atoms with E-state index in [0.29, 0.717) is 16.6 Å². The molecule has 0 fully saturated rings. The number of aliphatic hydroxyl groups is 1. The Hall–Kier alpha value is -3.86. The van der Waals surface area contributed by atoms with Crippen molar-refractivity contribution >= 4 is 40.5 Å². The molecule has 1 amide bonds. The van der Waals surface area contributed by atoms with Gasteiger partial charge in [-0.3, -0.25) is 4.79 Å². The van der Waals surface area contributed by atoms with Gasteiger partial charge >= 0.3 is 18.0 Å². The van der Waals surface area contributed by atoms with Crippen LogP contribution in [-0.2, 0) is 23.8 Å². The number of hydrogen-bond donors (Lipinski definition) is 2. The Morgan fingerprint density at radius 2 is 1.76 bits per heavy atom. The van der Waals surface area contributed by atoms with Crippen molar-refractivity contribution in [1.82, 2.24) is 9.47 Å². The Balaban J connectivity index is 2.08. The zero-order chi connectivity index (χ0) is 25.2. The molecule has 2 heterocycles. The number of benzene rings is 1. The third kappa shape index (κ3) is 4.88. The van der Waals surface area contributed by atoms with Crippen LogP contribution in [0.1, 0.15) is 31.3 Å². The van der Waals surface area contributed by atoms with Crippen molar-refractivity contribution in [1.29, 1.82) is 0 Å². The van der Waals surface area contributed by atoms with Gasteiger partial charge in [-0.25, -0.2) is 19.0 Å². The quantitative estimate of drug-likeness (QED) is 0.476. The maximum absolute atomic E-state index is 12.9. The first-order valence-corrected chi connectivity index (χ1v) is 10.5. The molecule has 3 rings (SSSR count). The van der Waals surface area contributed by atoms with Crippen LogP contribution in [0.5, 0.6) is 0 Å². The largest absolute Gasteiger partial charge is 0.466 e. The summed E-state index contributed by atoms with van der Waals surface area (Å²) in [5.41, 5.74) is -0.0183. The van der Waals surface area contributed by atoms with Crippen LogP contribution in [0.15, 0.2) is 35.5 Å². The molecule has 11 heteroatoms. The number of nitrogens with zero attached hydrogens (tertiary/aromatic N) is 2. The second-order valence-corrected chi connectivity index (χ2v) is 8.53. The van der Waals surface area contributed by atoms with Gasteiger partial charge in [-0.2, -0.15) is 0 Å². The number of ether oxygens (including phenoxy) is 3. The maximum atomic E-state index is 12.9. The van der Waals surface area contributed by atoms with Crippen LogP contribution in [0.25, 0.3) is 10.9 Å². The summed E-state index contributed by atoms with van der Waals surface area (Å²) in [6.07, 6.45) is -0.777. The minimum Gasteiger partial charge on any atom is -0.466 e. The molecule has 182 valence electrons. The fraction of sp³-hybridized carbons (Fsp3) is 0.391. The molecule has 1 aromatic heterocycles. The van der Waals surface area contributed by atoms with Gasteiger partial charge in [0.25, 0.3) is 5.91 Å². The summed E-state index contributed by atoms with van der Waals surface area (Å²) < 4.78 is 16.2. The Kier molecular flexibility index (Phi) is 6.96. The molecule has 1 aliphatic rings. The minimum atomic E-state index is -0.816. The molecular formula is C23H27N3O8. The number of carbonyl (C=O) groups is 4. The molecule has 11 nitrogen and oxygen atoms in total. The lowest BCUT2D eigenvalue weighted by Gasteiger charge is -2.20. The topological polar surface area (TPSA) is 136 Å². The third-order valence-corrected chi connectivity index (χ3v) is 5.00. The van der Waals surface area contributed by atoms with Gasteiger partial charge in [0, 0.05) is 17.6 Å². The molecule has 1 aliphatic heterocycles. The van der Waals surface area contributed by atoms with E-state index in [1.165, 1.54) is 25.2 Å². The first-order chi connectivity index (χ1) is 16.0. The number of methoxy groups -OCH3 is 2. The fourth-order valence-corrected chi connectivity index (χ4v) is 3.53. The Morgan fingerprint density at radius 3 is 2.35 bits per heavy atom. The summed E-state index contributed by atoms with van der Waals surface area (Å²) in [5, 5.41) is 12.7. The molecule has 0 atom stereocenters. The van der Waals surface area contributed by atoms with E-state index in [1.807, 2.05) is 0 Å². The van der Waals surface area contributed by atoms with E-state index in [0.717, 1.165) is 4.57 Å². The number of hydrogen-bond acceptors (Lipinski definition) is 9. The smallest absolute Gasteiger partial charge is 0.419 e. The number of nitrogens with one attached hydrogen (secondary N) is 1. The van der Waals surface area contributed by atoms with Crippen molar-refractivity contribution in [2.45, 2.75) is 26.4 Å². The lowest BCUT2D eigenvalue weighted by Crippen LogP contribution is -2.31. The van der Waals surface area contributed by atoms with Crippen molar-refractivity contribution in [2.24, 2.45) is 0 Å². The predicted molar refractivity (Wildman–Crippen MR) is 121 cm³/mol. The zero-order valence-electron chi connectivity index (χ0n) is 19.6. The molecule has 0 spiro atoms. The number of carbonyl (C=O) groups excluding carboxylic acids is 4. The molecule has 34 heavy (non-hydrogen) atoms. The third-order valence-electron chi connectivity index (χ3n) is 5.00. The SMILES string of the molecule is COC(=O)C1=C(Nc2ccc3cc(C(=O)OC)n(C(=O)OC(C)(C)C)c3c2)C(=O)N(CCO)C1. The van der Waals surface area contributed by atoms with Gasteiger partial charge in [-0.05, 0) is 39.0 Å². The number of amides is 1. The van der Waals surface area contributed by atoms with Crippen molar-refractivity contribution in [3.05, 3.63) is 41.2 Å². The summed E-state index contributed by atoms with van der Waals surface area (Å²) in [6, 6.07) is 6.33. The van der Waals surface area contributed by atoms with Gasteiger partial charge in [0.2, 0.25) is 0 Å². The summed E-state index contributed by atoms with van der Waals surface area (Å²) in [5.74, 6) is -1.88. The number of anilines is 1. The Bertz CT molecular complexity index is 1190. The molecule has 0 unspecified atom stereocenters. The van der Waals surface area contributed by atoms with Crippen LogP contribution in [0.2, 0.25) is 0 Å². The number of aromatic nitrogens is 1. The highest BCUT2D eigenvalue weighted by molar-refractivity contribution is 6.09. The highest BCUT2D eigenvalue weighted by Crippen LogP contribution is 2.28. The standard InChI is InChI=1S/C23H27N3O8/c1-23(2,3)34-22(31)26-16-11-14(7-6-13(16)10-17(26)21(30)33-5)24-18-15(20(29)32-4)12-25(8-9-27)19(18)28/h6-7,10-11,24,27H,8-9,12H2,1-5H3. The highest BCUT2D eigenvalue weighted by atomic mass is 16.6. The molecule has 0 bridgehead atoms. The lowest BCUT2D eigenvalue weighted by atomic mass is 10.2. The van der Waals surface area contributed by atoms with E-state index in [1.54, 1.807) is 39.0 Å². The molecule has 0 radical (unpaired) electrons. The normalized spacial score (nSPS) is 13.9. The van der Waals surface area contributed by atoms with E-state index in [2.05, 4.69) is 5.32 Å². The number of rotatable bonds is 6. The van der Waals surface area contributed by atoms with Crippen LogP contribution < -0.4 is 5.32 Å². The Labute approximate surface area is 195 Å². The van der Waals surface area contributed by atoms with Crippen molar-refractivity contribution < 1.29 is 38.5 Å². The van der Waals surface area contributed by atoms with Crippen LogP contribution in [-0.4, -0.2) is 78.0 Å². The van der Waals surface area contributed by atoms with Gasteiger partial charge in [-0.1, -0.05) is 6.07 Å². The number of esters is 2. The van der Waals surface area contributed by atoms with Crippen molar-refractivity contribution in [3.63, 3.8) is 0 Å². The predicted octanol–water partition coefficient (Wildman–Crippen LogP) is 1.88. The zero-order valence-corrected chi connectivity index (χ0v) is 19.6. The molecule has 0 aliphatic carbocycles. The average molecular weight is 473 g/mol. The summed E-state index contributed by atoms with van der Waals surface area (Å²) in [4.78, 5) is 51.6. The first kappa shape index (κ1) is 24.8. The van der Waals surface area contributed by atoms with E-state index in [-0.39, 0.29) is 36.7 Å². The van der Waals surface area contributed by atoms with Crippen LogP contribution in [0.4, 0.5) is 10.5 Å². The molecule has 2 N–H and O–H groups in total. The van der Waals surface area contributed by atoms with Crippen LogP contribution in [0, 0.1) is 0 Å². The van der Waals surface area contributed by atoms with E-state index >= 15 is 0 Å². The number of fused-ring (bicyclic) bond motifs is 1. The van der Waals surface area contributed by atoms with Crippen LogP contribution in [0.3, 0.4) is 0 Å². The summed E-state index contributed by atoms with van der Waals surface area (Å²) in [6.45, 7) is 4.87. The monoisotopic (exact) mass is 473 g/mol. The van der Waals surface area contributed by atoms with Gasteiger partial charge < -0.3 is 29.5 Å². The maximum Gasteiger partial charge on any atom is 0.419 e. The van der Waals surface area contributed by atoms with Gasteiger partial charge in [0.15, 0.2) is 0 Å². The fourth-order valence-electron chi connectivity index (χ4n) is 3.53. The molecule has 2 aromatic rings. The van der Waals surface area contributed by atoms with E-state index in [4.69, 9.17) is 14.2 Å². The average Bonchev–Trinajstić information content (AvgIpc) is 3.30. The Morgan fingerprint density at radius 1 is 1.09 bits per heavy atom. The van der Waals surface area contributed by atoms with Crippen LogP contribution >= 0.6 is 0 Å². The molecular weight excluding hydrogens is 446 g/mol. The van der Waals surface area contributed by atoms with Gasteiger partial charge in [-0.15, -0.1) is 0 Å². The number of aliphatic hydroxyl groups excluding tert-OH is 1. The number of β-amino-alcohol motifs (C(OH)–C–C–N with tert-alkyl or cyclic N) is 1. The molecule has 1 aromatic carbocycles. The minimum absolute atomic E-state index is 0.00298. The molecule has 0 saturated carbocycles. The van der Waals surface area contributed by atoms with E-state index in [9.17, 15) is 24.3 Å². The second kappa shape index (κ2) is 9.56. The highest BCUT2D eigenvalue weighted by Gasteiger charge is 2.34. The second-order valence-electron chi connectivity index (χ2n) is 8.53. The molecule has 0 saturated heterocycles. The summed E-state index contributed by atoms with van der Waals surface area (Å²) in [7, 11) is 2.41. The van der Waals surface area contributed by atoms with E-state index < -0.39 is 29.5 Å². The summed E-state index contributed by atoms with van der Waals surface area (Å²) >= 11 is 0. The van der Waals surface area contributed by atoms with Gasteiger partial charge in [0.1, 0.15) is 17.0 Å². The van der Waals surface area contributed by atoms with Crippen molar-refractivity contribution in [3.8, 4) is 0 Å².